The number of nitrogens with one attached hydrogen (secondary N) is 1. The summed E-state index contributed by atoms with van der Waals surface area (Å²) in [7, 11) is 2.14. The standard InChI is InChI=1S/C10H21N5/c1-8(6-13-14-11)4-10-5-9(2)15(3)7-12-10/h6,9-10,12H,4-5,7H2,1-3H3,(H2,11,13)/b8-6-/t9-,10+/m0/s1. The topological polar surface area (TPSA) is 66.0 Å². The van der Waals surface area contributed by atoms with Gasteiger partial charge in [-0.15, -0.1) is 5.11 Å². The second-order valence-corrected chi connectivity index (χ2v) is 4.31. The molecule has 2 atom stereocenters. The van der Waals surface area contributed by atoms with E-state index in [9.17, 15) is 0 Å². The average Bonchev–Trinajstić information content (AvgIpc) is 2.20. The molecule has 0 radical (unpaired) electrons. The zero-order chi connectivity index (χ0) is 11.3. The van der Waals surface area contributed by atoms with Gasteiger partial charge in [0.2, 0.25) is 0 Å². The second kappa shape index (κ2) is 5.82. The van der Waals surface area contributed by atoms with Crippen LogP contribution in [0.2, 0.25) is 0 Å². The van der Waals surface area contributed by atoms with Crippen LogP contribution in [-0.4, -0.2) is 30.7 Å². The molecular formula is C10H21N5. The van der Waals surface area contributed by atoms with Gasteiger partial charge in [-0.05, 0) is 33.7 Å². The zero-order valence-electron chi connectivity index (χ0n) is 9.77. The lowest BCUT2D eigenvalue weighted by atomic mass is 9.99. The summed E-state index contributed by atoms with van der Waals surface area (Å²) in [5, 5.41) is 10.4. The van der Waals surface area contributed by atoms with Gasteiger partial charge in [0.1, 0.15) is 0 Å². The molecule has 0 spiro atoms. The smallest absolute Gasteiger partial charge is 0.0502 e. The molecule has 0 aromatic carbocycles. The monoisotopic (exact) mass is 211 g/mol. The van der Waals surface area contributed by atoms with Crippen LogP contribution in [0.15, 0.2) is 22.1 Å². The largest absolute Gasteiger partial charge is 0.305 e. The van der Waals surface area contributed by atoms with Crippen molar-refractivity contribution in [3.8, 4) is 0 Å². The first-order valence-electron chi connectivity index (χ1n) is 5.32. The van der Waals surface area contributed by atoms with Gasteiger partial charge in [0.05, 0.1) is 6.20 Å². The summed E-state index contributed by atoms with van der Waals surface area (Å²) in [6.07, 6.45) is 3.91. The van der Waals surface area contributed by atoms with Crippen LogP contribution >= 0.6 is 0 Å². The van der Waals surface area contributed by atoms with Gasteiger partial charge in [-0.25, -0.2) is 0 Å². The predicted molar refractivity (Wildman–Crippen MR) is 61.1 cm³/mol. The number of hydrogen-bond acceptors (Lipinski definition) is 4. The molecule has 0 aliphatic carbocycles. The van der Waals surface area contributed by atoms with E-state index < -0.39 is 0 Å². The van der Waals surface area contributed by atoms with Crippen molar-refractivity contribution in [1.29, 1.82) is 0 Å². The van der Waals surface area contributed by atoms with Crippen LogP contribution < -0.4 is 11.2 Å². The van der Waals surface area contributed by atoms with Crippen molar-refractivity contribution in [2.45, 2.75) is 38.8 Å². The molecule has 1 aliphatic heterocycles. The molecule has 0 aromatic rings. The molecule has 86 valence electrons. The lowest BCUT2D eigenvalue weighted by Crippen LogP contribution is -2.50. The maximum absolute atomic E-state index is 4.94. The molecule has 1 rings (SSSR count). The highest BCUT2D eigenvalue weighted by Crippen LogP contribution is 2.16. The van der Waals surface area contributed by atoms with E-state index in [0.717, 1.165) is 13.1 Å². The van der Waals surface area contributed by atoms with Crippen LogP contribution in [0.4, 0.5) is 0 Å². The second-order valence-electron chi connectivity index (χ2n) is 4.31. The summed E-state index contributed by atoms with van der Waals surface area (Å²) in [4.78, 5) is 2.31. The molecule has 1 aliphatic rings. The van der Waals surface area contributed by atoms with Crippen molar-refractivity contribution in [3.05, 3.63) is 11.8 Å². The van der Waals surface area contributed by atoms with E-state index in [2.05, 4.69) is 41.4 Å². The highest BCUT2D eigenvalue weighted by Gasteiger charge is 2.21. The van der Waals surface area contributed by atoms with E-state index >= 15 is 0 Å². The van der Waals surface area contributed by atoms with E-state index in [0.29, 0.717) is 12.1 Å². The first-order valence-corrected chi connectivity index (χ1v) is 5.32. The summed E-state index contributed by atoms with van der Waals surface area (Å²) in [6, 6.07) is 1.18. The summed E-state index contributed by atoms with van der Waals surface area (Å²) in [6.45, 7) is 5.27. The molecule has 0 aromatic heterocycles. The van der Waals surface area contributed by atoms with Gasteiger partial charge >= 0.3 is 0 Å². The number of hydrogen-bond donors (Lipinski definition) is 2. The molecule has 1 saturated heterocycles. The molecule has 5 nitrogen and oxygen atoms in total. The van der Waals surface area contributed by atoms with E-state index in [1.54, 1.807) is 6.20 Å². The van der Waals surface area contributed by atoms with Gasteiger partial charge in [-0.2, -0.15) is 0 Å². The average molecular weight is 211 g/mol. The Labute approximate surface area is 91.4 Å². The molecule has 5 heteroatoms. The first kappa shape index (κ1) is 12.1. The maximum atomic E-state index is 4.94. The van der Waals surface area contributed by atoms with Crippen molar-refractivity contribution in [2.75, 3.05) is 13.7 Å². The van der Waals surface area contributed by atoms with Crippen LogP contribution in [0.5, 0.6) is 0 Å². The SMILES string of the molecule is C/C(=C/N=NN)C[C@@H]1C[C@H](C)N(C)CN1. The Morgan fingerprint density at radius 3 is 3.00 bits per heavy atom. The molecule has 0 bridgehead atoms. The van der Waals surface area contributed by atoms with Crippen molar-refractivity contribution < 1.29 is 0 Å². The number of nitrogens with zero attached hydrogens (tertiary/aromatic N) is 3. The van der Waals surface area contributed by atoms with Gasteiger partial charge in [-0.3, -0.25) is 4.90 Å². The maximum Gasteiger partial charge on any atom is 0.0502 e. The summed E-state index contributed by atoms with van der Waals surface area (Å²) >= 11 is 0. The molecule has 1 heterocycles. The Kier molecular flexibility index (Phi) is 4.71. The number of rotatable bonds is 3. The van der Waals surface area contributed by atoms with Gasteiger partial charge in [-0.1, -0.05) is 10.8 Å². The van der Waals surface area contributed by atoms with Crippen molar-refractivity contribution in [2.24, 2.45) is 16.2 Å². The Hall–Kier alpha value is -0.940. The van der Waals surface area contributed by atoms with Gasteiger partial charge < -0.3 is 11.2 Å². The Bertz CT molecular complexity index is 248. The van der Waals surface area contributed by atoms with Crippen LogP contribution in [0, 0.1) is 0 Å². The molecule has 0 unspecified atom stereocenters. The number of nitrogens with two attached hydrogens (primary N) is 1. The Balaban J connectivity index is 2.39. The molecule has 15 heavy (non-hydrogen) atoms. The van der Waals surface area contributed by atoms with Crippen molar-refractivity contribution >= 4 is 0 Å². The third kappa shape index (κ3) is 3.97. The third-order valence-electron chi connectivity index (χ3n) is 2.92. The van der Waals surface area contributed by atoms with Gasteiger partial charge in [0, 0.05) is 18.8 Å². The van der Waals surface area contributed by atoms with Crippen LogP contribution in [-0.2, 0) is 0 Å². The molecular weight excluding hydrogens is 190 g/mol. The Morgan fingerprint density at radius 2 is 2.40 bits per heavy atom. The first-order chi connectivity index (χ1) is 7.13. The van der Waals surface area contributed by atoms with E-state index in [1.807, 2.05) is 0 Å². The summed E-state index contributed by atoms with van der Waals surface area (Å²) in [5.41, 5.74) is 1.21. The van der Waals surface area contributed by atoms with Crippen molar-refractivity contribution in [1.82, 2.24) is 10.2 Å². The van der Waals surface area contributed by atoms with Gasteiger partial charge in [0.15, 0.2) is 0 Å². The highest BCUT2D eigenvalue weighted by molar-refractivity contribution is 5.00. The van der Waals surface area contributed by atoms with E-state index in [-0.39, 0.29) is 0 Å². The minimum Gasteiger partial charge on any atom is -0.305 e. The third-order valence-corrected chi connectivity index (χ3v) is 2.92. The fourth-order valence-electron chi connectivity index (χ4n) is 1.83. The minimum absolute atomic E-state index is 0.542. The molecule has 3 N–H and O–H groups in total. The molecule has 0 saturated carbocycles. The highest BCUT2D eigenvalue weighted by atomic mass is 15.3. The molecule has 0 amide bonds. The minimum atomic E-state index is 0.542. The van der Waals surface area contributed by atoms with E-state index in [4.69, 9.17) is 5.84 Å². The zero-order valence-corrected chi connectivity index (χ0v) is 9.77. The molecule has 1 fully saturated rings. The fraction of sp³-hybridized carbons (Fsp3) is 0.800. The Morgan fingerprint density at radius 1 is 1.67 bits per heavy atom. The lowest BCUT2D eigenvalue weighted by Gasteiger charge is -2.36. The lowest BCUT2D eigenvalue weighted by molar-refractivity contribution is 0.154. The predicted octanol–water partition coefficient (Wildman–Crippen LogP) is 1.25. The van der Waals surface area contributed by atoms with Crippen LogP contribution in [0.1, 0.15) is 26.7 Å². The van der Waals surface area contributed by atoms with Crippen molar-refractivity contribution in [3.63, 3.8) is 0 Å². The van der Waals surface area contributed by atoms with Gasteiger partial charge in [0.25, 0.3) is 0 Å². The summed E-state index contributed by atoms with van der Waals surface area (Å²) in [5.74, 6) is 4.94. The van der Waals surface area contributed by atoms with Crippen LogP contribution in [0.25, 0.3) is 0 Å². The quantitative estimate of drug-likeness (QED) is 0.419. The van der Waals surface area contributed by atoms with Crippen LogP contribution in [0.3, 0.4) is 0 Å². The summed E-state index contributed by atoms with van der Waals surface area (Å²) < 4.78 is 0. The fourth-order valence-corrected chi connectivity index (χ4v) is 1.83. The van der Waals surface area contributed by atoms with E-state index in [1.165, 1.54) is 12.0 Å². The normalized spacial score (nSPS) is 29.9.